The fourth-order valence-electron chi connectivity index (χ4n) is 8.90. The highest BCUT2D eigenvalue weighted by Crippen LogP contribution is 2.50. The van der Waals surface area contributed by atoms with Crippen LogP contribution in [0, 0.1) is 0 Å². The van der Waals surface area contributed by atoms with Crippen LogP contribution in [0.3, 0.4) is 0 Å². The first-order valence-corrected chi connectivity index (χ1v) is 19.8. The summed E-state index contributed by atoms with van der Waals surface area (Å²) in [5.74, 6) is 0. The van der Waals surface area contributed by atoms with Gasteiger partial charge in [0.2, 0.25) is 0 Å². The first kappa shape index (κ1) is 31.2. The van der Waals surface area contributed by atoms with Crippen LogP contribution in [0.25, 0.3) is 91.5 Å². The Bertz CT molecular complexity index is 3460. The molecule has 0 fully saturated rings. The number of aromatic nitrogens is 1. The lowest BCUT2D eigenvalue weighted by molar-refractivity contribution is 0.670. The monoisotopic (exact) mass is 732 g/mol. The lowest BCUT2D eigenvalue weighted by Crippen LogP contribution is -2.11. The normalized spacial score (nSPS) is 11.9. The van der Waals surface area contributed by atoms with Crippen LogP contribution < -0.4 is 4.90 Å². The number of nitrogens with zero attached hydrogens (tertiary/aromatic N) is 2. The van der Waals surface area contributed by atoms with Gasteiger partial charge in [0.1, 0.15) is 11.2 Å². The van der Waals surface area contributed by atoms with Gasteiger partial charge in [-0.05, 0) is 89.1 Å². The van der Waals surface area contributed by atoms with E-state index in [4.69, 9.17) is 4.42 Å². The van der Waals surface area contributed by atoms with Crippen molar-refractivity contribution in [1.29, 1.82) is 0 Å². The minimum Gasteiger partial charge on any atom is -0.455 e. The number of furan rings is 1. The van der Waals surface area contributed by atoms with E-state index in [9.17, 15) is 0 Å². The van der Waals surface area contributed by atoms with Gasteiger partial charge in [-0.15, -0.1) is 11.3 Å². The number of rotatable bonds is 5. The van der Waals surface area contributed by atoms with Crippen molar-refractivity contribution in [1.82, 2.24) is 4.57 Å². The fraction of sp³-hybridized carbons (Fsp3) is 0. The molecule has 4 heteroatoms. The van der Waals surface area contributed by atoms with E-state index < -0.39 is 0 Å². The van der Waals surface area contributed by atoms with Gasteiger partial charge in [-0.3, -0.25) is 0 Å². The number of fused-ring (bicyclic) bond motifs is 10. The summed E-state index contributed by atoms with van der Waals surface area (Å²) in [4.78, 5) is 2.45. The molecular formula is C52H32N2OS. The summed E-state index contributed by atoms with van der Waals surface area (Å²) in [5, 5.41) is 9.61. The van der Waals surface area contributed by atoms with Crippen molar-refractivity contribution in [2.45, 2.75) is 0 Å². The molecule has 12 rings (SSSR count). The molecule has 262 valence electrons. The van der Waals surface area contributed by atoms with Gasteiger partial charge < -0.3 is 13.9 Å². The quantitative estimate of drug-likeness (QED) is 0.176. The third kappa shape index (κ3) is 4.63. The molecule has 0 unspecified atom stereocenters. The molecule has 0 aliphatic carbocycles. The van der Waals surface area contributed by atoms with Crippen molar-refractivity contribution in [3.05, 3.63) is 194 Å². The molecule has 0 bridgehead atoms. The minimum atomic E-state index is 0.868. The van der Waals surface area contributed by atoms with Gasteiger partial charge >= 0.3 is 0 Å². The second kappa shape index (κ2) is 12.2. The number of benzene rings is 9. The van der Waals surface area contributed by atoms with E-state index in [2.05, 4.69) is 204 Å². The van der Waals surface area contributed by atoms with Gasteiger partial charge in [0.15, 0.2) is 0 Å². The summed E-state index contributed by atoms with van der Waals surface area (Å²) in [5.41, 5.74) is 10.7. The molecule has 3 aromatic heterocycles. The lowest BCUT2D eigenvalue weighted by Gasteiger charge is -2.28. The molecule has 0 N–H and O–H groups in total. The number of thiophene rings is 1. The van der Waals surface area contributed by atoms with E-state index >= 15 is 0 Å². The van der Waals surface area contributed by atoms with Crippen LogP contribution in [-0.2, 0) is 0 Å². The molecule has 0 saturated carbocycles. The summed E-state index contributed by atoms with van der Waals surface area (Å²) >= 11 is 1.85. The second-order valence-corrected chi connectivity index (χ2v) is 15.6. The zero-order valence-corrected chi connectivity index (χ0v) is 31.0. The van der Waals surface area contributed by atoms with Crippen LogP contribution in [0.1, 0.15) is 0 Å². The van der Waals surface area contributed by atoms with E-state index in [0.717, 1.165) is 55.8 Å². The molecule has 9 aromatic carbocycles. The molecule has 0 aliphatic heterocycles. The van der Waals surface area contributed by atoms with Crippen LogP contribution in [0.4, 0.5) is 17.1 Å². The molecule has 3 heterocycles. The summed E-state index contributed by atoms with van der Waals surface area (Å²) in [6.45, 7) is 0. The lowest BCUT2D eigenvalue weighted by atomic mass is 9.98. The maximum atomic E-state index is 6.95. The molecule has 0 aliphatic rings. The average molecular weight is 733 g/mol. The maximum Gasteiger partial charge on any atom is 0.145 e. The van der Waals surface area contributed by atoms with Crippen molar-refractivity contribution < 1.29 is 4.42 Å². The summed E-state index contributed by atoms with van der Waals surface area (Å²) in [6.07, 6.45) is 0. The Balaban J connectivity index is 1.13. The molecule has 56 heavy (non-hydrogen) atoms. The van der Waals surface area contributed by atoms with Crippen molar-refractivity contribution in [2.75, 3.05) is 4.90 Å². The van der Waals surface area contributed by atoms with Gasteiger partial charge in [0.05, 0.1) is 27.8 Å². The highest BCUT2D eigenvalue weighted by atomic mass is 32.1. The Morgan fingerprint density at radius 1 is 0.446 bits per heavy atom. The van der Waals surface area contributed by atoms with Crippen LogP contribution in [0.2, 0.25) is 0 Å². The molecule has 3 nitrogen and oxygen atoms in total. The molecule has 0 saturated heterocycles. The van der Waals surface area contributed by atoms with Crippen LogP contribution in [-0.4, -0.2) is 4.57 Å². The van der Waals surface area contributed by atoms with E-state index in [1.165, 1.54) is 52.8 Å². The molecule has 12 aromatic rings. The van der Waals surface area contributed by atoms with Gasteiger partial charge in [0.25, 0.3) is 0 Å². The van der Waals surface area contributed by atoms with Gasteiger partial charge in [-0.25, -0.2) is 0 Å². The largest absolute Gasteiger partial charge is 0.455 e. The summed E-state index contributed by atoms with van der Waals surface area (Å²) < 4.78 is 11.9. The maximum absolute atomic E-state index is 6.95. The first-order valence-electron chi connectivity index (χ1n) is 19.0. The Hall–Kier alpha value is -7.14. The van der Waals surface area contributed by atoms with E-state index in [1.54, 1.807) is 0 Å². The second-order valence-electron chi connectivity index (χ2n) is 14.5. The van der Waals surface area contributed by atoms with Crippen LogP contribution in [0.15, 0.2) is 199 Å². The third-order valence-electron chi connectivity index (χ3n) is 11.4. The van der Waals surface area contributed by atoms with E-state index in [0.29, 0.717) is 0 Å². The van der Waals surface area contributed by atoms with Crippen LogP contribution in [0.5, 0.6) is 0 Å². The minimum absolute atomic E-state index is 0.868. The smallest absolute Gasteiger partial charge is 0.145 e. The number of para-hydroxylation sites is 3. The van der Waals surface area contributed by atoms with Gasteiger partial charge in [-0.1, -0.05) is 121 Å². The number of anilines is 3. The molecular weight excluding hydrogens is 701 g/mol. The Morgan fingerprint density at radius 2 is 1.11 bits per heavy atom. The highest BCUT2D eigenvalue weighted by molar-refractivity contribution is 7.26. The Kier molecular flexibility index (Phi) is 6.80. The molecule has 0 spiro atoms. The average Bonchev–Trinajstić information content (AvgIpc) is 3.94. The number of hydrogen-bond donors (Lipinski definition) is 0. The highest BCUT2D eigenvalue weighted by Gasteiger charge is 2.25. The van der Waals surface area contributed by atoms with Crippen molar-refractivity contribution >= 4 is 103 Å². The molecule has 0 atom stereocenters. The van der Waals surface area contributed by atoms with Gasteiger partial charge in [0, 0.05) is 53.3 Å². The van der Waals surface area contributed by atoms with E-state index in [-0.39, 0.29) is 0 Å². The van der Waals surface area contributed by atoms with Crippen molar-refractivity contribution in [3.63, 3.8) is 0 Å². The first-order chi connectivity index (χ1) is 27.8. The molecule has 0 radical (unpaired) electrons. The standard InChI is InChI=1S/C52H32N2OS/c1-2-14-34-31-37(28-27-33(34)13-1)54(45-23-12-26-49-50(45)42-20-6-10-25-48(42)56-49)46-30-29-38(52-51(46)41-19-5-9-24-47(41)55-52)35-15-11-16-36(32-35)53-43-21-7-3-17-39(43)40-18-4-8-22-44(40)53/h1-32H. The molecule has 0 amide bonds. The zero-order chi connectivity index (χ0) is 36.7. The number of hydrogen-bond acceptors (Lipinski definition) is 3. The predicted octanol–water partition coefficient (Wildman–Crippen LogP) is 15.3. The van der Waals surface area contributed by atoms with Gasteiger partial charge in [-0.2, -0.15) is 0 Å². The SMILES string of the molecule is c1cc(-c2ccc(N(c3ccc4ccccc4c3)c3cccc4sc5ccccc5c34)c3c2oc2ccccc23)cc(-n2c3ccccc3c3ccccc32)c1. The summed E-state index contributed by atoms with van der Waals surface area (Å²) in [7, 11) is 0. The van der Waals surface area contributed by atoms with E-state index in [1.807, 2.05) is 11.3 Å². The third-order valence-corrected chi connectivity index (χ3v) is 12.5. The summed E-state index contributed by atoms with van der Waals surface area (Å²) in [6, 6.07) is 70.2. The van der Waals surface area contributed by atoms with Crippen molar-refractivity contribution in [2.24, 2.45) is 0 Å². The Labute approximate surface area is 326 Å². The zero-order valence-electron chi connectivity index (χ0n) is 30.2. The van der Waals surface area contributed by atoms with Crippen LogP contribution >= 0.6 is 11.3 Å². The Morgan fingerprint density at radius 3 is 1.95 bits per heavy atom. The predicted molar refractivity (Wildman–Crippen MR) is 239 cm³/mol. The topological polar surface area (TPSA) is 21.3 Å². The fourth-order valence-corrected chi connectivity index (χ4v) is 10.0. The van der Waals surface area contributed by atoms with Crippen molar-refractivity contribution in [3.8, 4) is 16.8 Å².